The number of nitrogens with zero attached hydrogens (tertiary/aromatic N) is 3. The number of benzene rings is 1. The largest absolute Gasteiger partial charge is 0.481 e. The molecule has 2 aliphatic heterocycles. The lowest BCUT2D eigenvalue weighted by molar-refractivity contribution is -0.140. The number of hydrogen-bond acceptors (Lipinski definition) is 4. The topological polar surface area (TPSA) is 53.1 Å². The molecular formula is C20H27Cl2N3O3. The molecule has 0 N–H and O–H groups in total. The second kappa shape index (κ2) is 9.81. The van der Waals surface area contributed by atoms with Gasteiger partial charge in [-0.05, 0) is 38.3 Å². The maximum atomic E-state index is 12.7. The van der Waals surface area contributed by atoms with E-state index in [1.807, 2.05) is 4.90 Å². The zero-order chi connectivity index (χ0) is 20.1. The van der Waals surface area contributed by atoms with Crippen LogP contribution in [0.4, 0.5) is 0 Å². The van der Waals surface area contributed by atoms with Gasteiger partial charge < -0.3 is 14.5 Å². The highest BCUT2D eigenvalue weighted by Gasteiger charge is 2.28. The highest BCUT2D eigenvalue weighted by molar-refractivity contribution is 6.42. The Morgan fingerprint density at radius 2 is 1.64 bits per heavy atom. The van der Waals surface area contributed by atoms with Gasteiger partial charge in [0.15, 0.2) is 6.10 Å². The lowest BCUT2D eigenvalue weighted by Gasteiger charge is -2.36. The summed E-state index contributed by atoms with van der Waals surface area (Å²) in [5, 5.41) is 0.842. The highest BCUT2D eigenvalue weighted by atomic mass is 35.5. The van der Waals surface area contributed by atoms with Crippen molar-refractivity contribution in [2.75, 3.05) is 45.8 Å². The van der Waals surface area contributed by atoms with Crippen molar-refractivity contribution in [3.63, 3.8) is 0 Å². The summed E-state index contributed by atoms with van der Waals surface area (Å²) < 4.78 is 5.73. The SMILES string of the molecule is CC(Oc1ccc(Cl)c(Cl)c1)C(=O)N1CCN(CC(=O)N2CCCCC2)CC1. The van der Waals surface area contributed by atoms with Gasteiger partial charge in [-0.25, -0.2) is 0 Å². The summed E-state index contributed by atoms with van der Waals surface area (Å²) in [6.45, 7) is 6.52. The predicted octanol–water partition coefficient (Wildman–Crippen LogP) is 2.92. The maximum Gasteiger partial charge on any atom is 0.263 e. The molecule has 8 heteroatoms. The van der Waals surface area contributed by atoms with Crippen LogP contribution >= 0.6 is 23.2 Å². The van der Waals surface area contributed by atoms with Gasteiger partial charge >= 0.3 is 0 Å². The van der Waals surface area contributed by atoms with E-state index in [4.69, 9.17) is 27.9 Å². The first kappa shape index (κ1) is 21.2. The minimum atomic E-state index is -0.612. The molecule has 2 amide bonds. The molecule has 28 heavy (non-hydrogen) atoms. The van der Waals surface area contributed by atoms with Gasteiger partial charge in [0, 0.05) is 45.3 Å². The zero-order valence-corrected chi connectivity index (χ0v) is 17.7. The van der Waals surface area contributed by atoms with Gasteiger partial charge in [-0.15, -0.1) is 0 Å². The van der Waals surface area contributed by atoms with Crippen molar-refractivity contribution < 1.29 is 14.3 Å². The lowest BCUT2D eigenvalue weighted by Crippen LogP contribution is -2.54. The van der Waals surface area contributed by atoms with Gasteiger partial charge in [0.25, 0.3) is 5.91 Å². The number of hydrogen-bond donors (Lipinski definition) is 0. The summed E-state index contributed by atoms with van der Waals surface area (Å²) in [4.78, 5) is 31.0. The number of ether oxygens (including phenoxy) is 1. The first-order chi connectivity index (χ1) is 13.4. The summed E-state index contributed by atoms with van der Waals surface area (Å²) >= 11 is 11.9. The normalized spacial score (nSPS) is 19.4. The smallest absolute Gasteiger partial charge is 0.263 e. The van der Waals surface area contributed by atoms with Gasteiger partial charge in [-0.2, -0.15) is 0 Å². The van der Waals surface area contributed by atoms with Gasteiger partial charge in [0.05, 0.1) is 16.6 Å². The summed E-state index contributed by atoms with van der Waals surface area (Å²) in [5.41, 5.74) is 0. The number of carbonyl (C=O) groups is 2. The molecule has 3 rings (SSSR count). The third-order valence-electron chi connectivity index (χ3n) is 5.30. The molecule has 6 nitrogen and oxygen atoms in total. The summed E-state index contributed by atoms with van der Waals surface area (Å²) in [6.07, 6.45) is 2.81. The van der Waals surface area contributed by atoms with Crippen molar-refractivity contribution in [2.45, 2.75) is 32.3 Å². The Morgan fingerprint density at radius 1 is 0.964 bits per heavy atom. The van der Waals surface area contributed by atoms with Gasteiger partial charge in [-0.1, -0.05) is 23.2 Å². The minimum absolute atomic E-state index is 0.0620. The highest BCUT2D eigenvalue weighted by Crippen LogP contribution is 2.27. The first-order valence-electron chi connectivity index (χ1n) is 9.84. The van der Waals surface area contributed by atoms with Crippen LogP contribution in [-0.4, -0.2) is 78.4 Å². The molecule has 2 aliphatic rings. The van der Waals surface area contributed by atoms with E-state index < -0.39 is 6.10 Å². The zero-order valence-electron chi connectivity index (χ0n) is 16.2. The molecule has 2 saturated heterocycles. The molecule has 0 saturated carbocycles. The van der Waals surface area contributed by atoms with E-state index >= 15 is 0 Å². The predicted molar refractivity (Wildman–Crippen MR) is 110 cm³/mol. The van der Waals surface area contributed by atoms with Crippen molar-refractivity contribution >= 4 is 35.0 Å². The fraction of sp³-hybridized carbons (Fsp3) is 0.600. The third-order valence-corrected chi connectivity index (χ3v) is 6.04. The molecular weight excluding hydrogens is 401 g/mol. The molecule has 1 aromatic rings. The van der Waals surface area contributed by atoms with Crippen LogP contribution < -0.4 is 4.74 Å². The molecule has 0 bridgehead atoms. The monoisotopic (exact) mass is 427 g/mol. The van der Waals surface area contributed by atoms with E-state index in [1.54, 1.807) is 30.0 Å². The van der Waals surface area contributed by atoms with E-state index in [0.29, 0.717) is 48.5 Å². The number of carbonyl (C=O) groups excluding carboxylic acids is 2. The summed E-state index contributed by atoms with van der Waals surface area (Å²) in [6, 6.07) is 4.95. The summed E-state index contributed by atoms with van der Waals surface area (Å²) in [5.74, 6) is 0.657. The van der Waals surface area contributed by atoms with Crippen LogP contribution in [-0.2, 0) is 9.59 Å². The van der Waals surface area contributed by atoms with Crippen LogP contribution in [0.15, 0.2) is 18.2 Å². The number of piperidine rings is 1. The number of halogens is 2. The molecule has 1 aromatic carbocycles. The Balaban J connectivity index is 1.45. The first-order valence-corrected chi connectivity index (χ1v) is 10.6. The average molecular weight is 428 g/mol. The second-order valence-corrected chi connectivity index (χ2v) is 8.19. The quantitative estimate of drug-likeness (QED) is 0.724. The molecule has 2 heterocycles. The van der Waals surface area contributed by atoms with Crippen molar-refractivity contribution in [1.82, 2.24) is 14.7 Å². The molecule has 2 fully saturated rings. The van der Waals surface area contributed by atoms with Crippen LogP contribution in [0.2, 0.25) is 10.0 Å². The van der Waals surface area contributed by atoms with Gasteiger partial charge in [-0.3, -0.25) is 14.5 Å². The van der Waals surface area contributed by atoms with E-state index in [1.165, 1.54) is 6.42 Å². The van der Waals surface area contributed by atoms with E-state index in [-0.39, 0.29) is 11.8 Å². The Kier molecular flexibility index (Phi) is 7.43. The van der Waals surface area contributed by atoms with E-state index in [9.17, 15) is 9.59 Å². The molecule has 154 valence electrons. The fourth-order valence-electron chi connectivity index (χ4n) is 3.62. The maximum absolute atomic E-state index is 12.7. The van der Waals surface area contributed by atoms with Crippen LogP contribution in [0.1, 0.15) is 26.2 Å². The molecule has 0 aromatic heterocycles. The molecule has 0 spiro atoms. The number of amides is 2. The Morgan fingerprint density at radius 3 is 2.29 bits per heavy atom. The van der Waals surface area contributed by atoms with Crippen LogP contribution in [0.5, 0.6) is 5.75 Å². The van der Waals surface area contributed by atoms with Crippen LogP contribution in [0, 0.1) is 0 Å². The average Bonchev–Trinajstić information content (AvgIpc) is 2.71. The number of rotatable bonds is 5. The van der Waals surface area contributed by atoms with E-state index in [2.05, 4.69) is 4.90 Å². The Hall–Kier alpha value is -1.50. The second-order valence-electron chi connectivity index (χ2n) is 7.38. The molecule has 1 atom stereocenters. The number of likely N-dealkylation sites (tertiary alicyclic amines) is 1. The van der Waals surface area contributed by atoms with Crippen molar-refractivity contribution in [3.8, 4) is 5.75 Å². The summed E-state index contributed by atoms with van der Waals surface area (Å²) in [7, 11) is 0. The fourth-order valence-corrected chi connectivity index (χ4v) is 3.91. The molecule has 1 unspecified atom stereocenters. The molecule has 0 radical (unpaired) electrons. The third kappa shape index (κ3) is 5.52. The van der Waals surface area contributed by atoms with Gasteiger partial charge in [0.2, 0.25) is 5.91 Å². The van der Waals surface area contributed by atoms with Gasteiger partial charge in [0.1, 0.15) is 5.75 Å². The lowest BCUT2D eigenvalue weighted by atomic mass is 10.1. The Bertz CT molecular complexity index is 702. The standard InChI is InChI=1S/C20H27Cl2N3O3/c1-15(28-16-5-6-17(21)18(22)13-16)20(27)25-11-9-23(10-12-25)14-19(26)24-7-3-2-4-8-24/h5-6,13,15H,2-4,7-12,14H2,1H3. The Labute approximate surface area is 176 Å². The van der Waals surface area contributed by atoms with E-state index in [0.717, 1.165) is 25.9 Å². The van der Waals surface area contributed by atoms with Crippen LogP contribution in [0.3, 0.4) is 0 Å². The number of piperazine rings is 1. The van der Waals surface area contributed by atoms with Crippen molar-refractivity contribution in [1.29, 1.82) is 0 Å². The van der Waals surface area contributed by atoms with Crippen molar-refractivity contribution in [3.05, 3.63) is 28.2 Å². The molecule has 0 aliphatic carbocycles. The van der Waals surface area contributed by atoms with Crippen LogP contribution in [0.25, 0.3) is 0 Å². The van der Waals surface area contributed by atoms with Crippen molar-refractivity contribution in [2.24, 2.45) is 0 Å². The minimum Gasteiger partial charge on any atom is -0.481 e.